The summed E-state index contributed by atoms with van der Waals surface area (Å²) in [5.41, 5.74) is 3.48. The highest BCUT2D eigenvalue weighted by molar-refractivity contribution is 7.99. The van der Waals surface area contributed by atoms with Gasteiger partial charge in [-0.05, 0) is 16.7 Å². The number of aliphatic hydroxyl groups is 1. The van der Waals surface area contributed by atoms with Crippen LogP contribution in [0.15, 0.2) is 60.0 Å². The highest BCUT2D eigenvalue weighted by Crippen LogP contribution is 2.43. The molecule has 2 saturated heterocycles. The van der Waals surface area contributed by atoms with Crippen LogP contribution in [0.5, 0.6) is 0 Å². The summed E-state index contributed by atoms with van der Waals surface area (Å²) >= 11 is 7.19. The number of rotatable bonds is 15. The summed E-state index contributed by atoms with van der Waals surface area (Å²) < 4.78 is 41.0. The van der Waals surface area contributed by atoms with E-state index in [1.54, 1.807) is 0 Å². The maximum absolute atomic E-state index is 12.2. The fourth-order valence-electron chi connectivity index (χ4n) is 6.47. The molecule has 0 spiro atoms. The lowest BCUT2D eigenvalue weighted by atomic mass is 9.91. The van der Waals surface area contributed by atoms with Gasteiger partial charge in [0.2, 0.25) is 0 Å². The summed E-state index contributed by atoms with van der Waals surface area (Å²) in [6.45, 7) is 6.76. The van der Waals surface area contributed by atoms with E-state index in [4.69, 9.17) is 45.4 Å². The van der Waals surface area contributed by atoms with E-state index < -0.39 is 60.7 Å². The number of H-pyrrole nitrogens is 1. The number of aromatic nitrogens is 3. The second-order valence-corrected chi connectivity index (χ2v) is 14.9. The van der Waals surface area contributed by atoms with E-state index in [2.05, 4.69) is 27.4 Å². The molecule has 2 aliphatic rings. The summed E-state index contributed by atoms with van der Waals surface area (Å²) in [4.78, 5) is 52.6. The Morgan fingerprint density at radius 2 is 1.41 bits per heavy atom. The molecule has 3 N–H and O–H groups in total. The van der Waals surface area contributed by atoms with Crippen molar-refractivity contribution < 1.29 is 57.4 Å². The van der Waals surface area contributed by atoms with Gasteiger partial charge in [-0.3, -0.25) is 24.3 Å². The first-order valence-corrected chi connectivity index (χ1v) is 19.3. The molecule has 56 heavy (non-hydrogen) atoms. The van der Waals surface area contributed by atoms with Gasteiger partial charge in [0.15, 0.2) is 29.8 Å². The molecule has 18 heteroatoms. The predicted molar refractivity (Wildman–Crippen MR) is 203 cm³/mol. The van der Waals surface area contributed by atoms with E-state index in [-0.39, 0.29) is 37.8 Å². The maximum atomic E-state index is 12.2. The summed E-state index contributed by atoms with van der Waals surface area (Å²) in [7, 11) is 0. The van der Waals surface area contributed by atoms with Crippen LogP contribution in [0.25, 0.3) is 0 Å². The monoisotopic (exact) mass is 814 g/mol. The van der Waals surface area contributed by atoms with Crippen molar-refractivity contribution in [3.8, 4) is 0 Å². The SMILES string of the molecule is CC(=O)OCC1OC(CC(=S)NCc2ccc(C3OC(CSc4ncn[nH]4)C(C)C(c4ccc(CO)cc4)O3)cc2)C(OC(C)=O)C(OC(C)=O)C1OC(C)=O. The first kappa shape index (κ1) is 42.7. The zero-order chi connectivity index (χ0) is 40.4. The fourth-order valence-corrected chi connectivity index (χ4v) is 7.64. The number of esters is 4. The molecular weight excluding hydrogens is 769 g/mol. The van der Waals surface area contributed by atoms with E-state index in [9.17, 15) is 24.3 Å². The summed E-state index contributed by atoms with van der Waals surface area (Å²) in [6.07, 6.45) is -5.43. The number of hydrogen-bond donors (Lipinski definition) is 3. The van der Waals surface area contributed by atoms with Gasteiger partial charge in [-0.1, -0.05) is 79.4 Å². The smallest absolute Gasteiger partial charge is 0.303 e. The molecule has 5 rings (SSSR count). The van der Waals surface area contributed by atoms with E-state index in [1.165, 1.54) is 38.9 Å². The quantitative estimate of drug-likeness (QED) is 0.0863. The molecule has 0 aliphatic carbocycles. The largest absolute Gasteiger partial charge is 0.463 e. The molecule has 2 aromatic carbocycles. The topological polar surface area (TPSA) is 207 Å². The van der Waals surface area contributed by atoms with Crippen LogP contribution in [0, 0.1) is 5.92 Å². The van der Waals surface area contributed by atoms with Gasteiger partial charge >= 0.3 is 23.9 Å². The summed E-state index contributed by atoms with van der Waals surface area (Å²) in [6, 6.07) is 15.4. The molecule has 302 valence electrons. The first-order valence-electron chi connectivity index (χ1n) is 18.0. The van der Waals surface area contributed by atoms with Crippen LogP contribution in [0.1, 0.15) is 75.7 Å². The lowest BCUT2D eigenvalue weighted by Crippen LogP contribution is -2.62. The number of thiocarbonyl (C=S) groups is 1. The molecule has 3 aromatic rings. The van der Waals surface area contributed by atoms with Gasteiger partial charge in [-0.2, -0.15) is 5.10 Å². The number of aliphatic hydroxyl groups excluding tert-OH is 1. The van der Waals surface area contributed by atoms with Crippen LogP contribution in [0.3, 0.4) is 0 Å². The molecule has 2 fully saturated rings. The molecule has 16 nitrogen and oxygen atoms in total. The van der Waals surface area contributed by atoms with Gasteiger partial charge in [0.05, 0.1) is 23.8 Å². The number of thioether (sulfide) groups is 1. The van der Waals surface area contributed by atoms with E-state index in [0.717, 1.165) is 29.2 Å². The van der Waals surface area contributed by atoms with Crippen LogP contribution in [-0.4, -0.2) is 98.1 Å². The number of benzene rings is 2. The minimum Gasteiger partial charge on any atom is -0.463 e. The molecule has 0 radical (unpaired) electrons. The molecule has 9 unspecified atom stereocenters. The second kappa shape index (κ2) is 20.1. The van der Waals surface area contributed by atoms with E-state index >= 15 is 0 Å². The van der Waals surface area contributed by atoms with Crippen molar-refractivity contribution in [2.75, 3.05) is 12.4 Å². The van der Waals surface area contributed by atoms with Gasteiger partial charge in [0.1, 0.15) is 25.1 Å². The van der Waals surface area contributed by atoms with Crippen LogP contribution in [0.4, 0.5) is 0 Å². The third kappa shape index (κ3) is 11.8. The Kier molecular flexibility index (Phi) is 15.3. The van der Waals surface area contributed by atoms with Crippen molar-refractivity contribution in [1.29, 1.82) is 0 Å². The molecular formula is C38H46N4O12S2. The van der Waals surface area contributed by atoms with Crippen LogP contribution in [-0.2, 0) is 65.5 Å². The number of carbonyl (C=O) groups excluding carboxylic acids is 4. The number of ether oxygens (including phenoxy) is 7. The molecule has 9 atom stereocenters. The van der Waals surface area contributed by atoms with Crippen molar-refractivity contribution in [1.82, 2.24) is 20.5 Å². The molecule has 1 aromatic heterocycles. The van der Waals surface area contributed by atoms with Gasteiger partial charge < -0.3 is 43.6 Å². The Morgan fingerprint density at radius 1 is 0.804 bits per heavy atom. The number of hydrogen-bond acceptors (Lipinski definition) is 16. The predicted octanol–water partition coefficient (Wildman–Crippen LogP) is 3.81. The highest BCUT2D eigenvalue weighted by atomic mass is 32.2. The first-order chi connectivity index (χ1) is 26.8. The van der Waals surface area contributed by atoms with Gasteiger partial charge in [-0.25, -0.2) is 4.98 Å². The highest BCUT2D eigenvalue weighted by Gasteiger charge is 2.52. The van der Waals surface area contributed by atoms with Gasteiger partial charge in [0.25, 0.3) is 0 Å². The summed E-state index contributed by atoms with van der Waals surface area (Å²) in [5, 5.41) is 20.3. The standard InChI is InChI=1S/C38H46N4O12S2/c1-20-31(18-56-38-40-19-41-42-38)53-37(54-33(20)27-10-8-26(16-43)9-11-27)28-12-6-25(7-13-28)15-39-32(55)14-29-34(49-22(3)45)36(51-24(5)47)35(50-23(4)46)30(52-29)17-48-21(2)44/h6-13,19-20,29-31,33-37,43H,14-18H2,1-5H3,(H,39,55)(H,40,41,42). The molecule has 0 amide bonds. The van der Waals surface area contributed by atoms with Gasteiger partial charge in [0, 0.05) is 57.9 Å². The van der Waals surface area contributed by atoms with Crippen molar-refractivity contribution >= 4 is 52.8 Å². The number of nitrogens with zero attached hydrogens (tertiary/aromatic N) is 2. The Balaban J connectivity index is 1.27. The Morgan fingerprint density at radius 3 is 2.00 bits per heavy atom. The normalized spacial score (nSPS) is 26.1. The van der Waals surface area contributed by atoms with Crippen molar-refractivity contribution in [2.45, 2.75) is 108 Å². The second-order valence-electron chi connectivity index (χ2n) is 13.4. The molecule has 3 heterocycles. The number of nitrogens with one attached hydrogen (secondary N) is 2. The van der Waals surface area contributed by atoms with E-state index in [1.807, 2.05) is 48.5 Å². The Bertz CT molecular complexity index is 1800. The molecule has 0 saturated carbocycles. The van der Waals surface area contributed by atoms with Gasteiger partial charge in [-0.15, -0.1) is 0 Å². The minimum atomic E-state index is -1.28. The Hall–Kier alpha value is -4.46. The van der Waals surface area contributed by atoms with Crippen molar-refractivity contribution in [3.63, 3.8) is 0 Å². The third-order valence-electron chi connectivity index (χ3n) is 9.12. The molecule has 2 aliphatic heterocycles. The van der Waals surface area contributed by atoms with Crippen molar-refractivity contribution in [3.05, 3.63) is 77.1 Å². The maximum Gasteiger partial charge on any atom is 0.303 e. The Labute approximate surface area is 333 Å². The average molecular weight is 815 g/mol. The minimum absolute atomic E-state index is 0.00601. The third-order valence-corrected chi connectivity index (χ3v) is 10.4. The fraction of sp³-hybridized carbons (Fsp3) is 0.500. The lowest BCUT2D eigenvalue weighted by Gasteiger charge is -2.44. The average Bonchev–Trinajstić information content (AvgIpc) is 3.69. The zero-order valence-corrected chi connectivity index (χ0v) is 33.2. The van der Waals surface area contributed by atoms with Crippen LogP contribution in [0.2, 0.25) is 0 Å². The summed E-state index contributed by atoms with van der Waals surface area (Å²) in [5.74, 6) is -2.11. The van der Waals surface area contributed by atoms with Crippen LogP contribution < -0.4 is 5.32 Å². The van der Waals surface area contributed by atoms with Crippen LogP contribution >= 0.6 is 24.0 Å². The van der Waals surface area contributed by atoms with E-state index in [0.29, 0.717) is 22.4 Å². The lowest BCUT2D eigenvalue weighted by molar-refractivity contribution is -0.268. The number of aromatic amines is 1. The number of carbonyl (C=O) groups is 4. The molecule has 0 bridgehead atoms. The van der Waals surface area contributed by atoms with Crippen molar-refractivity contribution in [2.24, 2.45) is 5.92 Å². The zero-order valence-electron chi connectivity index (χ0n) is 31.6.